The molecular weight excluding hydrogens is 338 g/mol. The van der Waals surface area contributed by atoms with Crippen molar-refractivity contribution in [3.05, 3.63) is 17.8 Å². The molecule has 124 valence electrons. The monoisotopic (exact) mass is 349 g/mol. The lowest BCUT2D eigenvalue weighted by molar-refractivity contribution is -0.195. The van der Waals surface area contributed by atoms with Crippen LogP contribution >= 0.6 is 11.6 Å². The van der Waals surface area contributed by atoms with Crippen LogP contribution in [0.2, 0.25) is 5.15 Å². The highest BCUT2D eigenvalue weighted by atomic mass is 35.5. The summed E-state index contributed by atoms with van der Waals surface area (Å²) in [6, 6.07) is 1.59. The van der Waals surface area contributed by atoms with Gasteiger partial charge in [-0.15, -0.1) is 0 Å². The topological polar surface area (TPSA) is 112 Å². The number of ketones is 1. The average molecular weight is 350 g/mol. The van der Waals surface area contributed by atoms with Gasteiger partial charge in [-0.1, -0.05) is 11.6 Å². The highest BCUT2D eigenvalue weighted by molar-refractivity contribution is 6.33. The van der Waals surface area contributed by atoms with Gasteiger partial charge < -0.3 is 14.2 Å². The summed E-state index contributed by atoms with van der Waals surface area (Å²) in [5.41, 5.74) is 0.852. The number of ether oxygens (including phenoxy) is 3. The van der Waals surface area contributed by atoms with E-state index in [0.29, 0.717) is 11.2 Å². The number of hydrogen-bond donors (Lipinski definition) is 0. The third-order valence-corrected chi connectivity index (χ3v) is 4.26. The fraction of sp³-hybridized carbons (Fsp3) is 0.500. The van der Waals surface area contributed by atoms with Crippen LogP contribution in [0.25, 0.3) is 11.2 Å². The van der Waals surface area contributed by atoms with E-state index in [1.54, 1.807) is 24.5 Å². The van der Waals surface area contributed by atoms with Crippen molar-refractivity contribution in [1.29, 1.82) is 5.26 Å². The van der Waals surface area contributed by atoms with Crippen LogP contribution in [0, 0.1) is 11.3 Å². The lowest BCUT2D eigenvalue weighted by Crippen LogP contribution is -2.34. The van der Waals surface area contributed by atoms with E-state index in [0.717, 1.165) is 0 Å². The minimum atomic E-state index is -1.04. The summed E-state index contributed by atoms with van der Waals surface area (Å²) in [5, 5.41) is 9.15. The molecule has 2 aliphatic rings. The summed E-state index contributed by atoms with van der Waals surface area (Å²) in [6.07, 6.45) is -0.249. The predicted octanol–water partition coefficient (Wildman–Crippen LogP) is 0.990. The van der Waals surface area contributed by atoms with E-state index in [2.05, 4.69) is 15.0 Å². The molecule has 9 nitrogen and oxygen atoms in total. The lowest BCUT2D eigenvalue weighted by atomic mass is 10.1. The lowest BCUT2D eigenvalue weighted by Gasteiger charge is -2.23. The van der Waals surface area contributed by atoms with E-state index in [-0.39, 0.29) is 5.15 Å². The molecule has 0 amide bonds. The summed E-state index contributed by atoms with van der Waals surface area (Å²) in [5.74, 6) is -1.61. The first-order valence-corrected chi connectivity index (χ1v) is 7.57. The maximum Gasteiger partial charge on any atom is 0.263 e. The Hall–Kier alpha value is -2.12. The number of fused-ring (bicyclic) bond motifs is 2. The number of nitrogens with zero attached hydrogens (tertiary/aromatic N) is 5. The van der Waals surface area contributed by atoms with Crippen LogP contribution in [-0.4, -0.2) is 49.4 Å². The zero-order chi connectivity index (χ0) is 17.1. The van der Waals surface area contributed by atoms with Crippen molar-refractivity contribution in [1.82, 2.24) is 19.5 Å². The standard InChI is InChI=1S/C14H12ClN5O4/c1-14(2)23-9-8(6(21)3-16)22-13(10(9)24-14)20-5-19-7-11(15)17-4-18-12(7)20/h4-5,8-10,13H,1-2H3/t8-,9?,10?,13-/m1/s1. The fourth-order valence-corrected chi connectivity index (χ4v) is 3.26. The Morgan fingerprint density at radius 2 is 2.08 bits per heavy atom. The van der Waals surface area contributed by atoms with Gasteiger partial charge in [0.25, 0.3) is 5.78 Å². The molecule has 0 spiro atoms. The third-order valence-electron chi connectivity index (χ3n) is 3.99. The van der Waals surface area contributed by atoms with Gasteiger partial charge in [0.15, 0.2) is 28.9 Å². The number of halogens is 1. The Morgan fingerprint density at radius 3 is 2.83 bits per heavy atom. The summed E-state index contributed by atoms with van der Waals surface area (Å²) in [7, 11) is 0. The first-order valence-electron chi connectivity index (χ1n) is 7.19. The first-order chi connectivity index (χ1) is 11.4. The van der Waals surface area contributed by atoms with E-state index >= 15 is 0 Å². The van der Waals surface area contributed by atoms with Gasteiger partial charge in [0.2, 0.25) is 0 Å². The van der Waals surface area contributed by atoms with Crippen LogP contribution in [0.1, 0.15) is 20.1 Å². The molecule has 2 fully saturated rings. The summed E-state index contributed by atoms with van der Waals surface area (Å²) in [6.45, 7) is 3.47. The fourth-order valence-electron chi connectivity index (χ4n) is 3.09. The molecule has 2 aliphatic heterocycles. The number of carbonyl (C=O) groups excluding carboxylic acids is 1. The molecule has 0 aromatic carbocycles. The van der Waals surface area contributed by atoms with Crippen molar-refractivity contribution in [2.75, 3.05) is 0 Å². The molecule has 0 N–H and O–H groups in total. The molecule has 0 saturated carbocycles. The minimum absolute atomic E-state index is 0.210. The van der Waals surface area contributed by atoms with Crippen LogP contribution in [0.3, 0.4) is 0 Å². The van der Waals surface area contributed by atoms with Gasteiger partial charge >= 0.3 is 0 Å². The van der Waals surface area contributed by atoms with Crippen LogP contribution < -0.4 is 0 Å². The number of imidazole rings is 1. The number of carbonyl (C=O) groups is 1. The van der Waals surface area contributed by atoms with Crippen LogP contribution in [-0.2, 0) is 19.0 Å². The average Bonchev–Trinajstić information content (AvgIpc) is 3.18. The van der Waals surface area contributed by atoms with Crippen molar-refractivity contribution >= 4 is 28.5 Å². The normalized spacial score (nSPS) is 31.1. The number of nitriles is 1. The van der Waals surface area contributed by atoms with Crippen molar-refractivity contribution in [2.24, 2.45) is 0 Å². The quantitative estimate of drug-likeness (QED) is 0.582. The smallest absolute Gasteiger partial charge is 0.263 e. The van der Waals surface area contributed by atoms with Gasteiger partial charge in [-0.3, -0.25) is 9.36 Å². The Kier molecular flexibility index (Phi) is 3.33. The van der Waals surface area contributed by atoms with Gasteiger partial charge in [-0.05, 0) is 13.8 Å². The summed E-state index contributed by atoms with van der Waals surface area (Å²) >= 11 is 6.01. The van der Waals surface area contributed by atoms with Crippen LogP contribution in [0.15, 0.2) is 12.7 Å². The SMILES string of the molecule is CC1(C)OC2C(O1)[C@H](n1cnc3c(Cl)ncnc31)O[C@@H]2C(=O)C#N. The molecule has 0 aliphatic carbocycles. The van der Waals surface area contributed by atoms with Crippen molar-refractivity contribution in [2.45, 2.75) is 44.2 Å². The number of hydrogen-bond acceptors (Lipinski definition) is 8. The molecule has 24 heavy (non-hydrogen) atoms. The van der Waals surface area contributed by atoms with Gasteiger partial charge in [0, 0.05) is 0 Å². The van der Waals surface area contributed by atoms with E-state index < -0.39 is 36.1 Å². The Balaban J connectivity index is 1.78. The van der Waals surface area contributed by atoms with Gasteiger partial charge in [0.05, 0.1) is 6.33 Å². The maximum atomic E-state index is 11.9. The molecule has 2 unspecified atom stereocenters. The molecule has 2 aromatic heterocycles. The van der Waals surface area contributed by atoms with Crippen molar-refractivity contribution in [3.63, 3.8) is 0 Å². The molecule has 0 bridgehead atoms. The zero-order valence-electron chi connectivity index (χ0n) is 12.7. The predicted molar refractivity (Wildman–Crippen MR) is 78.7 cm³/mol. The van der Waals surface area contributed by atoms with Gasteiger partial charge in [0.1, 0.15) is 30.1 Å². The minimum Gasteiger partial charge on any atom is -0.341 e. The number of rotatable bonds is 2. The molecule has 4 atom stereocenters. The molecule has 4 rings (SSSR count). The van der Waals surface area contributed by atoms with Crippen LogP contribution in [0.4, 0.5) is 0 Å². The van der Waals surface area contributed by atoms with Crippen molar-refractivity contribution < 1.29 is 19.0 Å². The third kappa shape index (κ3) is 2.19. The summed E-state index contributed by atoms with van der Waals surface area (Å²) < 4.78 is 19.0. The molecule has 4 heterocycles. The molecular formula is C14H12ClN5O4. The molecule has 0 radical (unpaired) electrons. The summed E-state index contributed by atoms with van der Waals surface area (Å²) in [4.78, 5) is 24.1. The van der Waals surface area contributed by atoms with E-state index in [1.165, 1.54) is 12.7 Å². The number of Topliss-reactive ketones (excluding diaryl/α,β-unsaturated/α-hetero) is 1. The van der Waals surface area contributed by atoms with E-state index in [1.807, 2.05) is 0 Å². The highest BCUT2D eigenvalue weighted by Gasteiger charge is 2.58. The zero-order valence-corrected chi connectivity index (χ0v) is 13.5. The Morgan fingerprint density at radius 1 is 1.33 bits per heavy atom. The molecule has 10 heteroatoms. The molecule has 2 saturated heterocycles. The van der Waals surface area contributed by atoms with Gasteiger partial charge in [-0.25, -0.2) is 15.0 Å². The second-order valence-electron chi connectivity index (χ2n) is 5.98. The molecule has 2 aromatic rings. The largest absolute Gasteiger partial charge is 0.341 e. The van der Waals surface area contributed by atoms with Gasteiger partial charge in [-0.2, -0.15) is 5.26 Å². The maximum absolute atomic E-state index is 11.9. The Bertz CT molecular complexity index is 876. The number of aromatic nitrogens is 4. The highest BCUT2D eigenvalue weighted by Crippen LogP contribution is 2.44. The first kappa shape index (κ1) is 15.4. The van der Waals surface area contributed by atoms with Crippen LogP contribution in [0.5, 0.6) is 0 Å². The second-order valence-corrected chi connectivity index (χ2v) is 6.33. The Labute approximate surface area is 141 Å². The second kappa shape index (κ2) is 5.19. The van der Waals surface area contributed by atoms with Crippen molar-refractivity contribution in [3.8, 4) is 6.07 Å². The van der Waals surface area contributed by atoms with E-state index in [9.17, 15) is 4.79 Å². The van der Waals surface area contributed by atoms with E-state index in [4.69, 9.17) is 31.1 Å².